The third kappa shape index (κ3) is 3.80. The maximum Gasteiger partial charge on any atom is 0.233 e. The lowest BCUT2D eigenvalue weighted by Gasteiger charge is -2.19. The average Bonchev–Trinajstić information content (AvgIpc) is 3.42. The van der Waals surface area contributed by atoms with Crippen molar-refractivity contribution in [1.82, 2.24) is 4.98 Å². The van der Waals surface area contributed by atoms with Crippen molar-refractivity contribution in [1.29, 1.82) is 0 Å². The van der Waals surface area contributed by atoms with Gasteiger partial charge in [-0.2, -0.15) is 0 Å². The lowest BCUT2D eigenvalue weighted by atomic mass is 10.0. The van der Waals surface area contributed by atoms with Crippen molar-refractivity contribution in [3.05, 3.63) is 96.0 Å². The Morgan fingerprint density at radius 2 is 1.87 bits per heavy atom. The molecule has 0 saturated carbocycles. The SMILES string of the molecule is O=C(Cc1cccc2ccccc12)N(Cc1ccco1)c1nc2c(F)cc(F)cc2s1. The molecular weight excluding hydrogens is 418 g/mol. The highest BCUT2D eigenvalue weighted by Crippen LogP contribution is 2.32. The number of thiazole rings is 1. The molecule has 0 unspecified atom stereocenters. The summed E-state index contributed by atoms with van der Waals surface area (Å²) in [5, 5.41) is 2.33. The number of hydrogen-bond donors (Lipinski definition) is 0. The van der Waals surface area contributed by atoms with Gasteiger partial charge >= 0.3 is 0 Å². The summed E-state index contributed by atoms with van der Waals surface area (Å²) in [6.45, 7) is 0.139. The second-order valence-corrected chi connectivity index (χ2v) is 8.11. The Morgan fingerprint density at radius 1 is 1.03 bits per heavy atom. The van der Waals surface area contributed by atoms with Crippen molar-refractivity contribution in [2.45, 2.75) is 13.0 Å². The number of carbonyl (C=O) groups excluding carboxylic acids is 1. The molecule has 0 aliphatic heterocycles. The molecule has 4 nitrogen and oxygen atoms in total. The van der Waals surface area contributed by atoms with Gasteiger partial charge in [0.15, 0.2) is 10.9 Å². The van der Waals surface area contributed by atoms with Gasteiger partial charge < -0.3 is 4.42 Å². The summed E-state index contributed by atoms with van der Waals surface area (Å²) in [6, 6.07) is 19.2. The number of benzene rings is 3. The summed E-state index contributed by atoms with van der Waals surface area (Å²) in [7, 11) is 0. The molecule has 1 amide bonds. The zero-order valence-electron chi connectivity index (χ0n) is 16.2. The van der Waals surface area contributed by atoms with Crippen LogP contribution in [0.4, 0.5) is 13.9 Å². The first kappa shape index (κ1) is 19.4. The molecule has 7 heteroatoms. The number of carbonyl (C=O) groups is 1. The lowest BCUT2D eigenvalue weighted by Crippen LogP contribution is -2.31. The highest BCUT2D eigenvalue weighted by atomic mass is 32.1. The molecule has 3 aromatic carbocycles. The summed E-state index contributed by atoms with van der Waals surface area (Å²) in [6.07, 6.45) is 1.66. The Morgan fingerprint density at radius 3 is 2.71 bits per heavy atom. The van der Waals surface area contributed by atoms with Crippen LogP contribution < -0.4 is 4.90 Å². The number of hydrogen-bond acceptors (Lipinski definition) is 4. The topological polar surface area (TPSA) is 46.3 Å². The number of anilines is 1. The van der Waals surface area contributed by atoms with Gasteiger partial charge in [-0.15, -0.1) is 0 Å². The molecule has 0 aliphatic rings. The Bertz CT molecular complexity index is 1390. The van der Waals surface area contributed by atoms with Crippen molar-refractivity contribution in [2.75, 3.05) is 4.90 Å². The first-order valence-electron chi connectivity index (χ1n) is 9.63. The number of amides is 1. The molecule has 154 valence electrons. The molecule has 0 fully saturated rings. The van der Waals surface area contributed by atoms with Gasteiger partial charge in [-0.1, -0.05) is 53.8 Å². The minimum Gasteiger partial charge on any atom is -0.467 e. The molecule has 2 aromatic heterocycles. The van der Waals surface area contributed by atoms with Crippen LogP contribution in [-0.4, -0.2) is 10.9 Å². The molecule has 5 aromatic rings. The maximum absolute atomic E-state index is 14.2. The summed E-state index contributed by atoms with van der Waals surface area (Å²) in [5.74, 6) is -1.08. The summed E-state index contributed by atoms with van der Waals surface area (Å²) < 4.78 is 33.6. The Kier molecular flexibility index (Phi) is 4.95. The average molecular weight is 434 g/mol. The predicted molar refractivity (Wildman–Crippen MR) is 117 cm³/mol. The molecule has 0 spiro atoms. The van der Waals surface area contributed by atoms with E-state index in [-0.39, 0.29) is 24.4 Å². The highest BCUT2D eigenvalue weighted by molar-refractivity contribution is 7.22. The normalized spacial score (nSPS) is 11.3. The number of furan rings is 1. The van der Waals surface area contributed by atoms with Gasteiger partial charge in [0.1, 0.15) is 17.1 Å². The van der Waals surface area contributed by atoms with Crippen molar-refractivity contribution >= 4 is 43.4 Å². The van der Waals surface area contributed by atoms with E-state index in [0.717, 1.165) is 33.7 Å². The molecule has 31 heavy (non-hydrogen) atoms. The maximum atomic E-state index is 14.2. The van der Waals surface area contributed by atoms with E-state index in [1.165, 1.54) is 17.2 Å². The van der Waals surface area contributed by atoms with E-state index in [2.05, 4.69) is 4.98 Å². The van der Waals surface area contributed by atoms with Gasteiger partial charge in [0, 0.05) is 6.07 Å². The molecular formula is C24H16F2N2O2S. The Hall–Kier alpha value is -3.58. The zero-order chi connectivity index (χ0) is 21.4. The fourth-order valence-corrected chi connectivity index (χ4v) is 4.61. The van der Waals surface area contributed by atoms with Crippen LogP contribution in [0.25, 0.3) is 21.0 Å². The van der Waals surface area contributed by atoms with Crippen LogP contribution in [0.15, 0.2) is 77.4 Å². The van der Waals surface area contributed by atoms with Crippen LogP contribution in [0.1, 0.15) is 11.3 Å². The van der Waals surface area contributed by atoms with Gasteiger partial charge in [0.25, 0.3) is 0 Å². The van der Waals surface area contributed by atoms with E-state index in [1.54, 1.807) is 12.1 Å². The van der Waals surface area contributed by atoms with Crippen LogP contribution >= 0.6 is 11.3 Å². The van der Waals surface area contributed by atoms with Crippen molar-refractivity contribution in [2.24, 2.45) is 0 Å². The minimum atomic E-state index is -0.753. The van der Waals surface area contributed by atoms with Crippen LogP contribution in [-0.2, 0) is 17.8 Å². The fourth-order valence-electron chi connectivity index (χ4n) is 3.59. The van der Waals surface area contributed by atoms with Crippen LogP contribution in [0, 0.1) is 11.6 Å². The largest absolute Gasteiger partial charge is 0.467 e. The van der Waals surface area contributed by atoms with Gasteiger partial charge in [-0.25, -0.2) is 13.8 Å². The smallest absolute Gasteiger partial charge is 0.233 e. The lowest BCUT2D eigenvalue weighted by molar-refractivity contribution is -0.118. The third-order valence-electron chi connectivity index (χ3n) is 5.05. The van der Waals surface area contributed by atoms with E-state index in [1.807, 2.05) is 42.5 Å². The van der Waals surface area contributed by atoms with E-state index in [4.69, 9.17) is 4.42 Å². The fraction of sp³-hybridized carbons (Fsp3) is 0.0833. The van der Waals surface area contributed by atoms with Gasteiger partial charge in [0.05, 0.1) is 23.9 Å². The monoisotopic (exact) mass is 434 g/mol. The van der Waals surface area contributed by atoms with Crippen LogP contribution in [0.2, 0.25) is 0 Å². The number of aromatic nitrogens is 1. The van der Waals surface area contributed by atoms with E-state index < -0.39 is 11.6 Å². The quantitative estimate of drug-likeness (QED) is 0.336. The molecule has 0 N–H and O–H groups in total. The minimum absolute atomic E-state index is 0.0452. The van der Waals surface area contributed by atoms with E-state index in [9.17, 15) is 13.6 Å². The number of halogens is 2. The summed E-state index contributed by atoms with van der Waals surface area (Å²) >= 11 is 1.07. The first-order valence-corrected chi connectivity index (χ1v) is 10.4. The molecule has 5 rings (SSSR count). The molecule has 0 atom stereocenters. The molecule has 2 heterocycles. The zero-order valence-corrected chi connectivity index (χ0v) is 17.0. The molecule has 0 saturated heterocycles. The first-order chi connectivity index (χ1) is 15.1. The second kappa shape index (κ2) is 7.92. The number of nitrogens with zero attached hydrogens (tertiary/aromatic N) is 2. The Balaban J connectivity index is 1.54. The number of rotatable bonds is 5. The Labute approximate surface area is 180 Å². The highest BCUT2D eigenvalue weighted by Gasteiger charge is 2.23. The van der Waals surface area contributed by atoms with Gasteiger partial charge in [-0.3, -0.25) is 9.69 Å². The standard InChI is InChI=1S/C24H16F2N2O2S/c25-17-12-20(26)23-21(13-17)31-24(27-23)28(14-18-8-4-10-30-18)22(29)11-16-7-3-6-15-5-1-2-9-19(15)16/h1-10,12-13H,11,14H2. The van der Waals surface area contributed by atoms with Gasteiger partial charge in [0.2, 0.25) is 5.91 Å². The van der Waals surface area contributed by atoms with Gasteiger partial charge in [-0.05, 0) is 34.5 Å². The van der Waals surface area contributed by atoms with Crippen molar-refractivity contribution in [3.63, 3.8) is 0 Å². The molecule has 0 bridgehead atoms. The van der Waals surface area contributed by atoms with E-state index in [0.29, 0.717) is 15.6 Å². The van der Waals surface area contributed by atoms with Crippen LogP contribution in [0.3, 0.4) is 0 Å². The predicted octanol–water partition coefficient (Wildman–Crippen LogP) is 6.10. The van der Waals surface area contributed by atoms with Crippen molar-refractivity contribution in [3.8, 4) is 0 Å². The summed E-state index contributed by atoms with van der Waals surface area (Å²) in [4.78, 5) is 19.2. The van der Waals surface area contributed by atoms with Crippen LogP contribution in [0.5, 0.6) is 0 Å². The second-order valence-electron chi connectivity index (χ2n) is 7.11. The molecule has 0 radical (unpaired) electrons. The number of fused-ring (bicyclic) bond motifs is 2. The molecule has 0 aliphatic carbocycles. The summed E-state index contributed by atoms with van der Waals surface area (Å²) in [5.41, 5.74) is 0.926. The van der Waals surface area contributed by atoms with Crippen molar-refractivity contribution < 1.29 is 18.0 Å². The third-order valence-corrected chi connectivity index (χ3v) is 6.07. The van der Waals surface area contributed by atoms with E-state index >= 15 is 0 Å².